The molecule has 0 bridgehead atoms. The molecule has 0 spiro atoms. The average Bonchev–Trinajstić information content (AvgIpc) is 3.10. The average molecular weight is 347 g/mol. The third-order valence-corrected chi connectivity index (χ3v) is 3.53. The summed E-state index contributed by atoms with van der Waals surface area (Å²) in [6.07, 6.45) is 1.35. The number of benzene rings is 2. The molecule has 3 aromatic rings. The van der Waals surface area contributed by atoms with Crippen LogP contribution in [0.4, 0.5) is 0 Å². The van der Waals surface area contributed by atoms with Crippen molar-refractivity contribution in [1.29, 1.82) is 5.26 Å². The van der Waals surface area contributed by atoms with Crippen molar-refractivity contribution in [2.75, 3.05) is 7.11 Å². The van der Waals surface area contributed by atoms with Crippen LogP contribution in [0.2, 0.25) is 0 Å². The van der Waals surface area contributed by atoms with Crippen molar-refractivity contribution >= 4 is 29.0 Å². The minimum atomic E-state index is -0.739. The van der Waals surface area contributed by atoms with Crippen LogP contribution in [0.1, 0.15) is 16.1 Å². The van der Waals surface area contributed by atoms with Gasteiger partial charge >= 0.3 is 11.9 Å². The predicted octanol–water partition coefficient (Wildman–Crippen LogP) is 3.73. The Labute approximate surface area is 148 Å². The van der Waals surface area contributed by atoms with Crippen LogP contribution in [0.25, 0.3) is 17.0 Å². The molecular weight excluding hydrogens is 334 g/mol. The zero-order valence-electron chi connectivity index (χ0n) is 13.8. The number of hydrogen-bond donors (Lipinski definition) is 0. The van der Waals surface area contributed by atoms with E-state index in [4.69, 9.17) is 14.4 Å². The van der Waals surface area contributed by atoms with E-state index in [0.717, 1.165) is 5.39 Å². The van der Waals surface area contributed by atoms with Gasteiger partial charge in [0.25, 0.3) is 0 Å². The first-order valence-corrected chi connectivity index (χ1v) is 7.61. The quantitative estimate of drug-likeness (QED) is 0.309. The number of fused-ring (bicyclic) bond motifs is 1. The molecule has 0 fully saturated rings. The Morgan fingerprint density at radius 2 is 1.92 bits per heavy atom. The van der Waals surface area contributed by atoms with Crippen LogP contribution >= 0.6 is 0 Å². The topological polar surface area (TPSA) is 89.5 Å². The number of methoxy groups -OCH3 is 1. The molecule has 1 aromatic heterocycles. The fourth-order valence-electron chi connectivity index (χ4n) is 2.32. The van der Waals surface area contributed by atoms with Crippen LogP contribution in [-0.4, -0.2) is 19.0 Å². The van der Waals surface area contributed by atoms with Gasteiger partial charge < -0.3 is 13.9 Å². The van der Waals surface area contributed by atoms with Crippen molar-refractivity contribution in [3.05, 3.63) is 71.5 Å². The highest BCUT2D eigenvalue weighted by Crippen LogP contribution is 2.22. The van der Waals surface area contributed by atoms with Crippen molar-refractivity contribution < 1.29 is 23.5 Å². The maximum atomic E-state index is 12.3. The maximum Gasteiger partial charge on any atom is 0.379 e. The van der Waals surface area contributed by atoms with Gasteiger partial charge in [-0.3, -0.25) is 0 Å². The van der Waals surface area contributed by atoms with E-state index in [9.17, 15) is 9.59 Å². The number of rotatable bonds is 4. The minimum absolute atomic E-state index is 0.0828. The van der Waals surface area contributed by atoms with Crippen LogP contribution in [0.3, 0.4) is 0 Å². The predicted molar refractivity (Wildman–Crippen MR) is 93.2 cm³/mol. The van der Waals surface area contributed by atoms with Crippen molar-refractivity contribution in [1.82, 2.24) is 0 Å². The van der Waals surface area contributed by atoms with Crippen molar-refractivity contribution in [2.45, 2.75) is 0 Å². The molecule has 0 saturated carbocycles. The highest BCUT2D eigenvalue weighted by molar-refractivity contribution is 5.98. The summed E-state index contributed by atoms with van der Waals surface area (Å²) in [5, 5.41) is 9.80. The summed E-state index contributed by atoms with van der Waals surface area (Å²) >= 11 is 0. The lowest BCUT2D eigenvalue weighted by Crippen LogP contribution is -2.07. The molecule has 6 heteroatoms. The van der Waals surface area contributed by atoms with Crippen molar-refractivity contribution in [2.24, 2.45) is 0 Å². The van der Waals surface area contributed by atoms with Gasteiger partial charge in [-0.15, -0.1) is 0 Å². The highest BCUT2D eigenvalue weighted by atomic mass is 16.5. The van der Waals surface area contributed by atoms with E-state index < -0.39 is 11.9 Å². The number of hydrogen-bond acceptors (Lipinski definition) is 6. The Hall–Kier alpha value is -3.85. The first-order valence-electron chi connectivity index (χ1n) is 7.61. The van der Waals surface area contributed by atoms with Gasteiger partial charge in [0.1, 0.15) is 23.0 Å². The van der Waals surface area contributed by atoms with Gasteiger partial charge in [0.15, 0.2) is 0 Å². The SMILES string of the molecule is COC(=O)/C(C#N)=C/c1cccc(OC(=O)c2cc3ccccc3o2)c1. The van der Waals surface area contributed by atoms with Gasteiger partial charge in [0.2, 0.25) is 5.76 Å². The molecule has 26 heavy (non-hydrogen) atoms. The smallest absolute Gasteiger partial charge is 0.379 e. The second kappa shape index (κ2) is 7.36. The molecule has 0 atom stereocenters. The number of ether oxygens (including phenoxy) is 2. The van der Waals surface area contributed by atoms with E-state index in [1.807, 2.05) is 18.2 Å². The summed E-state index contributed by atoms with van der Waals surface area (Å²) in [6.45, 7) is 0. The number of nitrogens with zero attached hydrogens (tertiary/aromatic N) is 1. The van der Waals surface area contributed by atoms with Crippen LogP contribution < -0.4 is 4.74 Å². The first-order chi connectivity index (χ1) is 12.6. The van der Waals surface area contributed by atoms with E-state index in [1.165, 1.54) is 19.3 Å². The monoisotopic (exact) mass is 347 g/mol. The van der Waals surface area contributed by atoms with Gasteiger partial charge in [-0.1, -0.05) is 30.3 Å². The molecule has 2 aromatic carbocycles. The molecule has 0 aliphatic carbocycles. The Bertz CT molecular complexity index is 1020. The van der Waals surface area contributed by atoms with Gasteiger partial charge in [0, 0.05) is 5.39 Å². The molecule has 0 N–H and O–H groups in total. The number of carbonyl (C=O) groups excluding carboxylic acids is 2. The van der Waals surface area contributed by atoms with Crippen molar-refractivity contribution in [3.8, 4) is 11.8 Å². The number of furan rings is 1. The first kappa shape index (κ1) is 17.0. The fraction of sp³-hybridized carbons (Fsp3) is 0.0500. The van der Waals surface area contributed by atoms with Gasteiger partial charge in [0.05, 0.1) is 7.11 Å². The van der Waals surface area contributed by atoms with E-state index in [2.05, 4.69) is 4.74 Å². The fourth-order valence-corrected chi connectivity index (χ4v) is 2.32. The van der Waals surface area contributed by atoms with E-state index >= 15 is 0 Å². The zero-order chi connectivity index (χ0) is 18.5. The number of para-hydroxylation sites is 1. The molecule has 0 aliphatic rings. The maximum absolute atomic E-state index is 12.3. The molecular formula is C20H13NO5. The highest BCUT2D eigenvalue weighted by Gasteiger charge is 2.15. The Kier molecular flexibility index (Phi) is 4.81. The number of nitriles is 1. The summed E-state index contributed by atoms with van der Waals surface area (Å²) in [6, 6.07) is 17.0. The molecule has 3 rings (SSSR count). The van der Waals surface area contributed by atoms with Crippen LogP contribution in [-0.2, 0) is 9.53 Å². The summed E-state index contributed by atoms with van der Waals surface area (Å²) in [5.41, 5.74) is 0.947. The lowest BCUT2D eigenvalue weighted by molar-refractivity contribution is -0.135. The standard InChI is InChI=1S/C20H13NO5/c1-24-19(22)15(12-21)9-13-5-4-7-16(10-13)25-20(23)18-11-14-6-2-3-8-17(14)26-18/h2-11H,1H3/b15-9+. The van der Waals surface area contributed by atoms with Crippen molar-refractivity contribution in [3.63, 3.8) is 0 Å². The van der Waals surface area contributed by atoms with Crippen LogP contribution in [0.5, 0.6) is 5.75 Å². The van der Waals surface area contributed by atoms with Crippen LogP contribution in [0, 0.1) is 11.3 Å². The molecule has 0 saturated heterocycles. The molecule has 0 radical (unpaired) electrons. The minimum Gasteiger partial charge on any atom is -0.465 e. The second-order valence-electron chi connectivity index (χ2n) is 5.27. The molecule has 1 heterocycles. The molecule has 0 amide bonds. The molecule has 0 unspecified atom stereocenters. The Morgan fingerprint density at radius 1 is 1.12 bits per heavy atom. The summed E-state index contributed by atoms with van der Waals surface area (Å²) in [5.74, 6) is -1.04. The summed E-state index contributed by atoms with van der Waals surface area (Å²) < 4.78 is 15.3. The van der Waals surface area contributed by atoms with E-state index in [1.54, 1.807) is 36.4 Å². The van der Waals surface area contributed by atoms with Crippen LogP contribution in [0.15, 0.2) is 64.6 Å². The summed E-state index contributed by atoms with van der Waals surface area (Å²) in [7, 11) is 1.19. The second-order valence-corrected chi connectivity index (χ2v) is 5.27. The number of esters is 2. The largest absolute Gasteiger partial charge is 0.465 e. The lowest BCUT2D eigenvalue weighted by atomic mass is 10.1. The lowest BCUT2D eigenvalue weighted by Gasteiger charge is -2.03. The van der Waals surface area contributed by atoms with E-state index in [-0.39, 0.29) is 17.1 Å². The third-order valence-electron chi connectivity index (χ3n) is 3.53. The van der Waals surface area contributed by atoms with E-state index in [0.29, 0.717) is 11.1 Å². The Morgan fingerprint density at radius 3 is 2.65 bits per heavy atom. The molecule has 128 valence electrons. The van der Waals surface area contributed by atoms with Gasteiger partial charge in [-0.05, 0) is 35.9 Å². The third kappa shape index (κ3) is 3.62. The van der Waals surface area contributed by atoms with Gasteiger partial charge in [-0.25, -0.2) is 9.59 Å². The number of carbonyl (C=O) groups is 2. The molecule has 0 aliphatic heterocycles. The molecule has 6 nitrogen and oxygen atoms in total. The Balaban J connectivity index is 1.82. The normalized spacial score (nSPS) is 11.0. The van der Waals surface area contributed by atoms with Gasteiger partial charge in [-0.2, -0.15) is 5.26 Å². The summed E-state index contributed by atoms with van der Waals surface area (Å²) in [4.78, 5) is 23.7. The zero-order valence-corrected chi connectivity index (χ0v) is 13.8.